The predicted molar refractivity (Wildman–Crippen MR) is 122 cm³/mol. The Labute approximate surface area is 202 Å². The summed E-state index contributed by atoms with van der Waals surface area (Å²) < 4.78 is 22.5. The fraction of sp³-hybridized carbons (Fsp3) is 0.846. The number of epoxide rings is 2. The Kier molecular flexibility index (Phi) is 8.66. The summed E-state index contributed by atoms with van der Waals surface area (Å²) in [5.74, 6) is -0.136. The van der Waals surface area contributed by atoms with Crippen molar-refractivity contribution in [2.24, 2.45) is 23.7 Å². The van der Waals surface area contributed by atoms with E-state index in [9.17, 15) is 9.59 Å². The summed E-state index contributed by atoms with van der Waals surface area (Å²) in [6.07, 6.45) is 9.53. The van der Waals surface area contributed by atoms with E-state index in [1.807, 2.05) is 6.08 Å². The Morgan fingerprint density at radius 3 is 2.03 bits per heavy atom. The van der Waals surface area contributed by atoms with Gasteiger partial charge in [-0.25, -0.2) is 0 Å². The minimum Gasteiger partial charge on any atom is -0.461 e. The van der Waals surface area contributed by atoms with E-state index in [1.54, 1.807) is 6.08 Å². The Morgan fingerprint density at radius 1 is 0.853 bits per heavy atom. The molecule has 2 saturated heterocycles. The SMILES string of the molecule is CC1CC2OC2CC1C(=O)OCC=CC(CCCCCC(O)O)OC(=O)C1CC2OC2CC1C. The van der Waals surface area contributed by atoms with Crippen LogP contribution in [0, 0.1) is 23.7 Å². The highest BCUT2D eigenvalue weighted by atomic mass is 16.6. The lowest BCUT2D eigenvalue weighted by molar-refractivity contribution is -0.155. The zero-order valence-corrected chi connectivity index (χ0v) is 20.3. The normalized spacial score (nSPS) is 37.1. The van der Waals surface area contributed by atoms with Gasteiger partial charge in [-0.15, -0.1) is 0 Å². The van der Waals surface area contributed by atoms with E-state index in [1.165, 1.54) is 0 Å². The third-order valence-corrected chi connectivity index (χ3v) is 7.93. The molecule has 4 rings (SSSR count). The second kappa shape index (κ2) is 11.5. The Morgan fingerprint density at radius 2 is 1.41 bits per heavy atom. The van der Waals surface area contributed by atoms with Crippen molar-refractivity contribution in [2.75, 3.05) is 6.61 Å². The number of carbonyl (C=O) groups is 2. The summed E-state index contributed by atoms with van der Waals surface area (Å²) in [7, 11) is 0. The average molecular weight is 481 g/mol. The molecule has 2 heterocycles. The van der Waals surface area contributed by atoms with Gasteiger partial charge in [0.05, 0.1) is 36.3 Å². The first-order valence-electron chi connectivity index (χ1n) is 13.0. The lowest BCUT2D eigenvalue weighted by atomic mass is 9.80. The van der Waals surface area contributed by atoms with Crippen LogP contribution in [0.5, 0.6) is 0 Å². The molecule has 0 aromatic rings. The summed E-state index contributed by atoms with van der Waals surface area (Å²) in [5.41, 5.74) is 0. The van der Waals surface area contributed by atoms with Gasteiger partial charge in [-0.1, -0.05) is 20.3 Å². The van der Waals surface area contributed by atoms with Gasteiger partial charge in [-0.2, -0.15) is 0 Å². The Bertz CT molecular complexity index is 736. The molecule has 2 N–H and O–H groups in total. The maximum atomic E-state index is 12.9. The molecule has 8 heteroatoms. The Hall–Kier alpha value is -1.48. The topological polar surface area (TPSA) is 118 Å². The van der Waals surface area contributed by atoms with Crippen molar-refractivity contribution in [3.63, 3.8) is 0 Å². The molecule has 8 nitrogen and oxygen atoms in total. The van der Waals surface area contributed by atoms with Crippen molar-refractivity contribution in [1.82, 2.24) is 0 Å². The van der Waals surface area contributed by atoms with E-state index in [4.69, 9.17) is 29.2 Å². The molecule has 0 amide bonds. The monoisotopic (exact) mass is 480 g/mol. The van der Waals surface area contributed by atoms with Crippen molar-refractivity contribution in [1.29, 1.82) is 0 Å². The van der Waals surface area contributed by atoms with E-state index in [2.05, 4.69) is 13.8 Å². The van der Waals surface area contributed by atoms with E-state index in [0.717, 1.165) is 38.5 Å². The van der Waals surface area contributed by atoms with Crippen LogP contribution in [0.4, 0.5) is 0 Å². The number of aliphatic hydroxyl groups excluding tert-OH is 1. The Balaban J connectivity index is 1.24. The first-order valence-corrected chi connectivity index (χ1v) is 13.0. The largest absolute Gasteiger partial charge is 0.461 e. The molecule has 192 valence electrons. The molecule has 4 aliphatic rings. The summed E-state index contributed by atoms with van der Waals surface area (Å²) in [6.45, 7) is 4.31. The van der Waals surface area contributed by atoms with Crippen LogP contribution >= 0.6 is 0 Å². The maximum Gasteiger partial charge on any atom is 0.309 e. The van der Waals surface area contributed by atoms with Gasteiger partial charge in [0.1, 0.15) is 12.7 Å². The van der Waals surface area contributed by atoms with Crippen molar-refractivity contribution in [3.8, 4) is 0 Å². The number of esters is 2. The smallest absolute Gasteiger partial charge is 0.309 e. The molecule has 2 aliphatic heterocycles. The molecule has 34 heavy (non-hydrogen) atoms. The number of unbranched alkanes of at least 4 members (excludes halogenated alkanes) is 2. The second-order valence-corrected chi connectivity index (χ2v) is 10.7. The van der Waals surface area contributed by atoms with Crippen molar-refractivity contribution in [2.45, 2.75) is 108 Å². The van der Waals surface area contributed by atoms with Gasteiger partial charge >= 0.3 is 11.9 Å². The van der Waals surface area contributed by atoms with Crippen LogP contribution in [-0.4, -0.2) is 65.6 Å². The van der Waals surface area contributed by atoms with Gasteiger partial charge in [-0.05, 0) is 75.4 Å². The number of ether oxygens (including phenoxy) is 4. The number of hydrogen-bond donors (Lipinski definition) is 2. The van der Waals surface area contributed by atoms with Gasteiger partial charge in [0.15, 0.2) is 6.29 Å². The number of carbonyl (C=O) groups excluding carboxylic acids is 2. The molecule has 2 aliphatic carbocycles. The van der Waals surface area contributed by atoms with Gasteiger partial charge in [0.25, 0.3) is 0 Å². The third kappa shape index (κ3) is 7.03. The molecule has 0 aromatic heterocycles. The van der Waals surface area contributed by atoms with Crippen LogP contribution < -0.4 is 0 Å². The first-order chi connectivity index (χ1) is 16.3. The van der Waals surface area contributed by atoms with Crippen LogP contribution in [0.2, 0.25) is 0 Å². The highest BCUT2D eigenvalue weighted by Gasteiger charge is 2.50. The molecule has 2 saturated carbocycles. The van der Waals surface area contributed by atoms with E-state index in [-0.39, 0.29) is 54.4 Å². The van der Waals surface area contributed by atoms with Crippen LogP contribution in [-0.2, 0) is 28.5 Å². The molecule has 9 unspecified atom stereocenters. The van der Waals surface area contributed by atoms with Gasteiger partial charge in [-0.3, -0.25) is 9.59 Å². The first kappa shape index (κ1) is 25.6. The van der Waals surface area contributed by atoms with Crippen LogP contribution in [0.25, 0.3) is 0 Å². The van der Waals surface area contributed by atoms with E-state index in [0.29, 0.717) is 31.5 Å². The van der Waals surface area contributed by atoms with Gasteiger partial charge < -0.3 is 29.2 Å². The van der Waals surface area contributed by atoms with Crippen molar-refractivity contribution in [3.05, 3.63) is 12.2 Å². The van der Waals surface area contributed by atoms with Gasteiger partial charge in [0.2, 0.25) is 0 Å². The average Bonchev–Trinajstić information content (AvgIpc) is 3.69. The molecule has 0 radical (unpaired) electrons. The predicted octanol–water partition coefficient (Wildman–Crippen LogP) is 2.89. The number of aliphatic hydroxyl groups is 2. The molecule has 9 atom stereocenters. The van der Waals surface area contributed by atoms with Gasteiger partial charge in [0, 0.05) is 0 Å². The zero-order chi connectivity index (χ0) is 24.2. The van der Waals surface area contributed by atoms with E-state index >= 15 is 0 Å². The quantitative estimate of drug-likeness (QED) is 0.144. The molecule has 0 aromatic carbocycles. The highest BCUT2D eigenvalue weighted by Crippen LogP contribution is 2.44. The highest BCUT2D eigenvalue weighted by molar-refractivity contribution is 5.74. The standard InChI is InChI=1S/C26H40O8/c1-15-11-20-22(33-20)13-18(15)25(29)31-10-6-8-17(7-4-3-5-9-24(27)28)32-26(30)19-14-23-21(34-23)12-16(19)2/h6,8,15-24,27-28H,3-5,7,9-14H2,1-2H3. The number of hydrogen-bond acceptors (Lipinski definition) is 8. The molecule has 4 fully saturated rings. The van der Waals surface area contributed by atoms with Crippen LogP contribution in [0.1, 0.15) is 71.6 Å². The molecular weight excluding hydrogens is 440 g/mol. The van der Waals surface area contributed by atoms with E-state index < -0.39 is 12.4 Å². The summed E-state index contributed by atoms with van der Waals surface area (Å²) >= 11 is 0. The summed E-state index contributed by atoms with van der Waals surface area (Å²) in [6, 6.07) is 0. The minimum atomic E-state index is -1.28. The molecule has 0 spiro atoms. The molecular formula is C26H40O8. The van der Waals surface area contributed by atoms with Crippen LogP contribution in [0.15, 0.2) is 12.2 Å². The van der Waals surface area contributed by atoms with Crippen molar-refractivity contribution >= 4 is 11.9 Å². The molecule has 0 bridgehead atoms. The van der Waals surface area contributed by atoms with Crippen molar-refractivity contribution < 1.29 is 38.7 Å². The van der Waals surface area contributed by atoms with Crippen LogP contribution in [0.3, 0.4) is 0 Å². The third-order valence-electron chi connectivity index (χ3n) is 7.93. The lowest BCUT2D eigenvalue weighted by Crippen LogP contribution is -2.32. The fourth-order valence-electron chi connectivity index (χ4n) is 5.60. The zero-order valence-electron chi connectivity index (χ0n) is 20.3. The lowest BCUT2D eigenvalue weighted by Gasteiger charge is -2.26. The maximum absolute atomic E-state index is 12.9. The fourth-order valence-corrected chi connectivity index (χ4v) is 5.60. The second-order valence-electron chi connectivity index (χ2n) is 10.7. The minimum absolute atomic E-state index is 0.117. The summed E-state index contributed by atoms with van der Waals surface area (Å²) in [5, 5.41) is 18.0. The number of rotatable bonds is 12. The number of fused-ring (bicyclic) bond motifs is 2. The summed E-state index contributed by atoms with van der Waals surface area (Å²) in [4.78, 5) is 25.4.